The highest BCUT2D eigenvalue weighted by Gasteiger charge is 2.29. The molecule has 0 bridgehead atoms. The van der Waals surface area contributed by atoms with Crippen LogP contribution >= 0.6 is 0 Å². The molecule has 2 aromatic rings. The Bertz CT molecular complexity index is 626. The molecule has 2 fully saturated rings. The first kappa shape index (κ1) is 13.0. The molecule has 2 saturated heterocycles. The summed E-state index contributed by atoms with van der Waals surface area (Å²) in [6.45, 7) is 5.96. The summed E-state index contributed by atoms with van der Waals surface area (Å²) < 4.78 is 5.44. The molecule has 0 spiro atoms. The molecule has 0 saturated carbocycles. The summed E-state index contributed by atoms with van der Waals surface area (Å²) in [5, 5.41) is 0. The van der Waals surface area contributed by atoms with Crippen molar-refractivity contribution in [1.82, 2.24) is 14.9 Å². The van der Waals surface area contributed by atoms with E-state index in [-0.39, 0.29) is 0 Å². The van der Waals surface area contributed by atoms with E-state index in [0.29, 0.717) is 6.04 Å². The van der Waals surface area contributed by atoms with E-state index in [1.807, 2.05) is 30.5 Å². The van der Waals surface area contributed by atoms with Crippen LogP contribution in [0.1, 0.15) is 6.42 Å². The first-order valence-electron chi connectivity index (χ1n) is 7.69. The second-order valence-corrected chi connectivity index (χ2v) is 5.75. The number of aromatic nitrogens is 2. The molecular weight excluding hydrogens is 264 g/mol. The molecule has 1 unspecified atom stereocenters. The van der Waals surface area contributed by atoms with Crippen LogP contribution in [0.2, 0.25) is 0 Å². The number of hydrogen-bond donors (Lipinski definition) is 0. The van der Waals surface area contributed by atoms with E-state index in [1.54, 1.807) is 0 Å². The monoisotopic (exact) mass is 284 g/mol. The Labute approximate surface area is 124 Å². The average molecular weight is 284 g/mol. The minimum atomic E-state index is 0.627. The van der Waals surface area contributed by atoms with Crippen LogP contribution in [0.4, 0.5) is 5.82 Å². The van der Waals surface area contributed by atoms with E-state index in [0.717, 1.165) is 56.2 Å². The van der Waals surface area contributed by atoms with Crippen molar-refractivity contribution in [3.8, 4) is 0 Å². The van der Waals surface area contributed by atoms with Gasteiger partial charge in [0.1, 0.15) is 5.82 Å². The molecular formula is C16H20N4O. The highest BCUT2D eigenvalue weighted by molar-refractivity contribution is 5.75. The summed E-state index contributed by atoms with van der Waals surface area (Å²) in [6.07, 6.45) is 3.11. The van der Waals surface area contributed by atoms with Crippen LogP contribution in [0.15, 0.2) is 30.5 Å². The van der Waals surface area contributed by atoms with Crippen LogP contribution < -0.4 is 4.90 Å². The largest absolute Gasteiger partial charge is 0.379 e. The first-order chi connectivity index (χ1) is 10.4. The number of fused-ring (bicyclic) bond motifs is 1. The Morgan fingerprint density at radius 2 is 1.86 bits per heavy atom. The molecule has 5 nitrogen and oxygen atoms in total. The fraction of sp³-hybridized carbons (Fsp3) is 0.500. The maximum atomic E-state index is 5.44. The summed E-state index contributed by atoms with van der Waals surface area (Å²) >= 11 is 0. The predicted molar refractivity (Wildman–Crippen MR) is 82.5 cm³/mol. The second-order valence-electron chi connectivity index (χ2n) is 5.75. The quantitative estimate of drug-likeness (QED) is 0.837. The number of rotatable bonds is 2. The highest BCUT2D eigenvalue weighted by atomic mass is 16.5. The van der Waals surface area contributed by atoms with Crippen molar-refractivity contribution in [3.05, 3.63) is 30.5 Å². The summed E-state index contributed by atoms with van der Waals surface area (Å²) in [5.41, 5.74) is 1.94. The Morgan fingerprint density at radius 3 is 2.71 bits per heavy atom. The van der Waals surface area contributed by atoms with Crippen molar-refractivity contribution < 1.29 is 4.74 Å². The molecule has 0 N–H and O–H groups in total. The lowest BCUT2D eigenvalue weighted by Gasteiger charge is -2.32. The maximum absolute atomic E-state index is 5.44. The fourth-order valence-corrected chi connectivity index (χ4v) is 3.29. The zero-order chi connectivity index (χ0) is 14.1. The van der Waals surface area contributed by atoms with E-state index >= 15 is 0 Å². The van der Waals surface area contributed by atoms with E-state index in [2.05, 4.69) is 14.8 Å². The number of para-hydroxylation sites is 2. The molecule has 4 rings (SSSR count). The summed E-state index contributed by atoms with van der Waals surface area (Å²) in [6, 6.07) is 8.68. The van der Waals surface area contributed by atoms with Crippen LogP contribution in [-0.4, -0.2) is 60.3 Å². The van der Waals surface area contributed by atoms with Gasteiger partial charge in [-0.3, -0.25) is 9.88 Å². The Kier molecular flexibility index (Phi) is 3.45. The number of nitrogens with zero attached hydrogens (tertiary/aromatic N) is 4. The topological polar surface area (TPSA) is 41.5 Å². The standard InChI is InChI=1S/C16H20N4O/c1-2-4-15-14(3-1)17-11-16(18-15)20-6-5-13(12-20)19-7-9-21-10-8-19/h1-4,11,13H,5-10,12H2. The third-order valence-electron chi connectivity index (χ3n) is 4.49. The van der Waals surface area contributed by atoms with Gasteiger partial charge in [-0.25, -0.2) is 4.98 Å². The van der Waals surface area contributed by atoms with Gasteiger partial charge in [-0.1, -0.05) is 12.1 Å². The van der Waals surface area contributed by atoms with Crippen molar-refractivity contribution in [2.24, 2.45) is 0 Å². The van der Waals surface area contributed by atoms with Gasteiger partial charge in [0.15, 0.2) is 0 Å². The van der Waals surface area contributed by atoms with E-state index in [1.165, 1.54) is 6.42 Å². The molecule has 1 aromatic carbocycles. The van der Waals surface area contributed by atoms with Crippen molar-refractivity contribution in [2.75, 3.05) is 44.3 Å². The number of morpholine rings is 1. The minimum Gasteiger partial charge on any atom is -0.379 e. The van der Waals surface area contributed by atoms with Gasteiger partial charge >= 0.3 is 0 Å². The maximum Gasteiger partial charge on any atom is 0.147 e. The highest BCUT2D eigenvalue weighted by Crippen LogP contribution is 2.23. The zero-order valence-electron chi connectivity index (χ0n) is 12.1. The number of anilines is 1. The predicted octanol–water partition coefficient (Wildman–Crippen LogP) is 1.54. The average Bonchev–Trinajstić information content (AvgIpc) is 3.05. The smallest absolute Gasteiger partial charge is 0.147 e. The summed E-state index contributed by atoms with van der Waals surface area (Å²) in [7, 11) is 0. The van der Waals surface area contributed by atoms with Gasteiger partial charge < -0.3 is 9.64 Å². The number of ether oxygens (including phenoxy) is 1. The molecule has 1 atom stereocenters. The molecule has 110 valence electrons. The molecule has 0 amide bonds. The molecule has 3 heterocycles. The van der Waals surface area contributed by atoms with Gasteiger partial charge in [-0.15, -0.1) is 0 Å². The Hall–Kier alpha value is -1.72. The van der Waals surface area contributed by atoms with Crippen molar-refractivity contribution in [2.45, 2.75) is 12.5 Å². The van der Waals surface area contributed by atoms with Gasteiger partial charge in [-0.05, 0) is 18.6 Å². The lowest BCUT2D eigenvalue weighted by atomic mass is 10.2. The SMILES string of the molecule is c1ccc2nc(N3CCC(N4CCOCC4)C3)cnc2c1. The van der Waals surface area contributed by atoms with Crippen molar-refractivity contribution >= 4 is 16.9 Å². The van der Waals surface area contributed by atoms with Crippen molar-refractivity contribution in [1.29, 1.82) is 0 Å². The van der Waals surface area contributed by atoms with Crippen LogP contribution in [-0.2, 0) is 4.74 Å². The second kappa shape index (κ2) is 5.58. The van der Waals surface area contributed by atoms with Crippen LogP contribution in [0, 0.1) is 0 Å². The minimum absolute atomic E-state index is 0.627. The number of hydrogen-bond acceptors (Lipinski definition) is 5. The summed E-state index contributed by atoms with van der Waals surface area (Å²) in [4.78, 5) is 14.2. The van der Waals surface area contributed by atoms with Gasteiger partial charge in [0.25, 0.3) is 0 Å². The molecule has 1 aromatic heterocycles. The normalized spacial score (nSPS) is 23.8. The Morgan fingerprint density at radius 1 is 1.05 bits per heavy atom. The molecule has 5 heteroatoms. The summed E-state index contributed by atoms with van der Waals surface area (Å²) in [5.74, 6) is 1.00. The molecule has 2 aliphatic rings. The van der Waals surface area contributed by atoms with Crippen LogP contribution in [0.25, 0.3) is 11.0 Å². The lowest BCUT2D eigenvalue weighted by Crippen LogP contribution is -2.44. The third-order valence-corrected chi connectivity index (χ3v) is 4.49. The van der Waals surface area contributed by atoms with Crippen LogP contribution in [0.3, 0.4) is 0 Å². The fourth-order valence-electron chi connectivity index (χ4n) is 3.29. The molecule has 2 aliphatic heterocycles. The zero-order valence-corrected chi connectivity index (χ0v) is 12.1. The van der Waals surface area contributed by atoms with E-state index in [9.17, 15) is 0 Å². The van der Waals surface area contributed by atoms with Gasteiger partial charge in [-0.2, -0.15) is 0 Å². The van der Waals surface area contributed by atoms with Gasteiger partial charge in [0, 0.05) is 32.2 Å². The molecule has 21 heavy (non-hydrogen) atoms. The number of benzene rings is 1. The van der Waals surface area contributed by atoms with Crippen molar-refractivity contribution in [3.63, 3.8) is 0 Å². The van der Waals surface area contributed by atoms with Crippen LogP contribution in [0.5, 0.6) is 0 Å². The molecule has 0 radical (unpaired) electrons. The first-order valence-corrected chi connectivity index (χ1v) is 7.69. The van der Waals surface area contributed by atoms with Gasteiger partial charge in [0.2, 0.25) is 0 Å². The molecule has 0 aliphatic carbocycles. The lowest BCUT2D eigenvalue weighted by molar-refractivity contribution is 0.0209. The van der Waals surface area contributed by atoms with Gasteiger partial charge in [0.05, 0.1) is 30.4 Å². The Balaban J connectivity index is 1.50. The third kappa shape index (κ3) is 2.59. The van der Waals surface area contributed by atoms with E-state index < -0.39 is 0 Å². The van der Waals surface area contributed by atoms with E-state index in [4.69, 9.17) is 9.72 Å².